The Morgan fingerprint density at radius 1 is 0.906 bits per heavy atom. The minimum Gasteiger partial charge on any atom is -0.449 e. The quantitative estimate of drug-likeness (QED) is 0.508. The van der Waals surface area contributed by atoms with Crippen molar-refractivity contribution in [3.63, 3.8) is 0 Å². The molecule has 0 heterocycles. The summed E-state index contributed by atoms with van der Waals surface area (Å²) in [6.07, 6.45) is -1.00. The summed E-state index contributed by atoms with van der Waals surface area (Å²) in [5.74, 6) is -1.15. The van der Waals surface area contributed by atoms with Gasteiger partial charge in [0.15, 0.2) is 6.10 Å². The lowest BCUT2D eigenvalue weighted by Crippen LogP contribution is -2.35. The van der Waals surface area contributed by atoms with E-state index in [0.29, 0.717) is 12.2 Å². The van der Waals surface area contributed by atoms with Crippen LogP contribution in [0.4, 0.5) is 5.69 Å². The van der Waals surface area contributed by atoms with Gasteiger partial charge in [-0.05, 0) is 55.3 Å². The van der Waals surface area contributed by atoms with Gasteiger partial charge < -0.3 is 10.1 Å². The fourth-order valence-electron chi connectivity index (χ4n) is 2.87. The third-order valence-corrected chi connectivity index (χ3v) is 6.13. The number of carbonyl (C=O) groups is 2. The number of esters is 1. The lowest BCUT2D eigenvalue weighted by atomic mass is 10.2. The summed E-state index contributed by atoms with van der Waals surface area (Å²) in [7, 11) is -3.81. The molecular weight excluding hydrogens is 428 g/mol. The molecule has 1 unspecified atom stereocenters. The predicted molar refractivity (Wildman–Crippen MR) is 122 cm³/mol. The smallest absolute Gasteiger partial charge is 0.338 e. The van der Waals surface area contributed by atoms with E-state index in [1.165, 1.54) is 31.2 Å². The van der Waals surface area contributed by atoms with Crippen LogP contribution in [-0.2, 0) is 26.1 Å². The number of ether oxygens (including phenoxy) is 1. The van der Waals surface area contributed by atoms with Crippen LogP contribution in [0, 0.1) is 6.92 Å². The van der Waals surface area contributed by atoms with Crippen molar-refractivity contribution in [2.45, 2.75) is 31.4 Å². The van der Waals surface area contributed by atoms with Gasteiger partial charge in [-0.15, -0.1) is 0 Å². The van der Waals surface area contributed by atoms with Gasteiger partial charge in [0.25, 0.3) is 15.9 Å². The molecule has 0 fully saturated rings. The van der Waals surface area contributed by atoms with Gasteiger partial charge in [0.2, 0.25) is 0 Å². The molecule has 0 aliphatic rings. The lowest BCUT2D eigenvalue weighted by molar-refractivity contribution is -0.129. The van der Waals surface area contributed by atoms with Crippen molar-refractivity contribution in [3.8, 4) is 0 Å². The van der Waals surface area contributed by atoms with Crippen molar-refractivity contribution >= 4 is 27.6 Å². The number of benzene rings is 3. The van der Waals surface area contributed by atoms with Crippen molar-refractivity contribution in [3.05, 3.63) is 95.6 Å². The van der Waals surface area contributed by atoms with E-state index in [0.717, 1.165) is 11.1 Å². The van der Waals surface area contributed by atoms with E-state index in [9.17, 15) is 18.0 Å². The van der Waals surface area contributed by atoms with Gasteiger partial charge >= 0.3 is 5.97 Å². The maximum Gasteiger partial charge on any atom is 0.338 e. The van der Waals surface area contributed by atoms with Crippen LogP contribution >= 0.6 is 0 Å². The largest absolute Gasteiger partial charge is 0.449 e. The average molecular weight is 453 g/mol. The molecule has 0 saturated heterocycles. The van der Waals surface area contributed by atoms with Crippen LogP contribution < -0.4 is 10.0 Å². The first kappa shape index (κ1) is 23.0. The molecule has 0 spiro atoms. The van der Waals surface area contributed by atoms with Crippen LogP contribution in [0.5, 0.6) is 0 Å². The molecule has 8 heteroatoms. The van der Waals surface area contributed by atoms with Crippen molar-refractivity contribution in [2.75, 3.05) is 4.72 Å². The van der Waals surface area contributed by atoms with Gasteiger partial charge in [-0.2, -0.15) is 0 Å². The third-order valence-electron chi connectivity index (χ3n) is 4.75. The Kier molecular flexibility index (Phi) is 7.27. The average Bonchev–Trinajstić information content (AvgIpc) is 2.79. The third kappa shape index (κ3) is 5.95. The van der Waals surface area contributed by atoms with Crippen LogP contribution in [0.1, 0.15) is 28.4 Å². The first-order valence-corrected chi connectivity index (χ1v) is 11.5. The molecule has 3 aromatic rings. The number of amides is 1. The summed E-state index contributed by atoms with van der Waals surface area (Å²) in [6, 6.07) is 21.7. The number of hydrogen-bond acceptors (Lipinski definition) is 5. The number of carbonyl (C=O) groups excluding carboxylic acids is 2. The van der Waals surface area contributed by atoms with Crippen LogP contribution in [0.2, 0.25) is 0 Å². The van der Waals surface area contributed by atoms with Gasteiger partial charge in [-0.3, -0.25) is 9.52 Å². The molecule has 0 radical (unpaired) electrons. The number of rotatable bonds is 8. The summed E-state index contributed by atoms with van der Waals surface area (Å²) >= 11 is 0. The predicted octanol–water partition coefficient (Wildman–Crippen LogP) is 3.66. The topological polar surface area (TPSA) is 102 Å². The molecule has 1 amide bonds. The van der Waals surface area contributed by atoms with Crippen LogP contribution in [0.15, 0.2) is 83.8 Å². The Labute approximate surface area is 187 Å². The van der Waals surface area contributed by atoms with Crippen LogP contribution in [0.25, 0.3) is 0 Å². The van der Waals surface area contributed by atoms with E-state index in [1.807, 2.05) is 36.4 Å². The molecule has 7 nitrogen and oxygen atoms in total. The fourth-order valence-corrected chi connectivity index (χ4v) is 4.00. The summed E-state index contributed by atoms with van der Waals surface area (Å²) in [5, 5.41) is 2.71. The number of sulfonamides is 1. The molecule has 0 aromatic heterocycles. The Morgan fingerprint density at radius 2 is 1.53 bits per heavy atom. The van der Waals surface area contributed by atoms with E-state index < -0.39 is 28.0 Å². The SMILES string of the molecule is Cc1ccccc1NS(=O)(=O)c1ccc(C(=O)OC(C)C(=O)NCc2ccccc2)cc1. The maximum absolute atomic E-state index is 12.6. The van der Waals surface area contributed by atoms with Crippen molar-refractivity contribution in [1.29, 1.82) is 0 Å². The van der Waals surface area contributed by atoms with Gasteiger partial charge in [0.1, 0.15) is 0 Å². The summed E-state index contributed by atoms with van der Waals surface area (Å²) in [6.45, 7) is 3.60. The molecule has 0 aliphatic carbocycles. The highest BCUT2D eigenvalue weighted by atomic mass is 32.2. The highest BCUT2D eigenvalue weighted by molar-refractivity contribution is 7.92. The summed E-state index contributed by atoms with van der Waals surface area (Å²) in [5.41, 5.74) is 2.33. The minimum atomic E-state index is -3.81. The second-order valence-corrected chi connectivity index (χ2v) is 8.88. The molecule has 0 saturated carbocycles. The minimum absolute atomic E-state index is 0.00551. The Bertz CT molecular complexity index is 1190. The molecular formula is C24H24N2O5S. The van der Waals surface area contributed by atoms with E-state index in [-0.39, 0.29) is 10.5 Å². The summed E-state index contributed by atoms with van der Waals surface area (Å²) in [4.78, 5) is 24.6. The molecule has 3 aromatic carbocycles. The Hall–Kier alpha value is -3.65. The molecule has 1 atom stereocenters. The second-order valence-electron chi connectivity index (χ2n) is 7.20. The molecule has 0 bridgehead atoms. The molecule has 0 aliphatic heterocycles. The number of anilines is 1. The zero-order valence-electron chi connectivity index (χ0n) is 17.7. The van der Waals surface area contributed by atoms with Gasteiger partial charge in [-0.25, -0.2) is 13.2 Å². The molecule has 166 valence electrons. The van der Waals surface area contributed by atoms with Gasteiger partial charge in [0, 0.05) is 6.54 Å². The standard InChI is InChI=1S/C24H24N2O5S/c1-17-8-6-7-11-22(17)26-32(29,30)21-14-12-20(13-15-21)24(28)31-18(2)23(27)25-16-19-9-4-3-5-10-19/h3-15,18,26H,16H2,1-2H3,(H,25,27). The van der Waals surface area contributed by atoms with Crippen molar-refractivity contribution in [1.82, 2.24) is 5.32 Å². The first-order chi connectivity index (χ1) is 15.3. The number of para-hydroxylation sites is 1. The first-order valence-electron chi connectivity index (χ1n) is 9.97. The van der Waals surface area contributed by atoms with E-state index in [1.54, 1.807) is 25.1 Å². The van der Waals surface area contributed by atoms with E-state index >= 15 is 0 Å². The fraction of sp³-hybridized carbons (Fsp3) is 0.167. The Morgan fingerprint density at radius 3 is 2.19 bits per heavy atom. The zero-order valence-corrected chi connectivity index (χ0v) is 18.6. The normalized spacial score (nSPS) is 11.9. The molecule has 3 rings (SSSR count). The van der Waals surface area contributed by atoms with Crippen LogP contribution in [0.3, 0.4) is 0 Å². The number of hydrogen-bond donors (Lipinski definition) is 2. The summed E-state index contributed by atoms with van der Waals surface area (Å²) < 4.78 is 33.0. The van der Waals surface area contributed by atoms with Crippen molar-refractivity contribution in [2.24, 2.45) is 0 Å². The second kappa shape index (κ2) is 10.1. The molecule has 32 heavy (non-hydrogen) atoms. The monoisotopic (exact) mass is 452 g/mol. The number of nitrogens with one attached hydrogen (secondary N) is 2. The lowest BCUT2D eigenvalue weighted by Gasteiger charge is -2.14. The van der Waals surface area contributed by atoms with E-state index in [2.05, 4.69) is 10.0 Å². The maximum atomic E-state index is 12.6. The zero-order chi connectivity index (χ0) is 23.1. The van der Waals surface area contributed by atoms with Crippen LogP contribution in [-0.4, -0.2) is 26.4 Å². The highest BCUT2D eigenvalue weighted by Crippen LogP contribution is 2.20. The van der Waals surface area contributed by atoms with Gasteiger partial charge in [-0.1, -0.05) is 48.5 Å². The van der Waals surface area contributed by atoms with Gasteiger partial charge in [0.05, 0.1) is 16.1 Å². The Balaban J connectivity index is 1.59. The van der Waals surface area contributed by atoms with E-state index in [4.69, 9.17) is 4.74 Å². The van der Waals surface area contributed by atoms with Crippen molar-refractivity contribution < 1.29 is 22.7 Å². The highest BCUT2D eigenvalue weighted by Gasteiger charge is 2.20. The molecule has 2 N–H and O–H groups in total. The number of aryl methyl sites for hydroxylation is 1.